The standard InChI is InChI=1S/C18H22N2OS/c1-13-8-10-14(11-9-13)17-19-16(12-22-17)18(21)20(2)15-6-4-3-5-7-15/h8-12,15H,3-7H2,1-2H3. The minimum atomic E-state index is 0.0570. The summed E-state index contributed by atoms with van der Waals surface area (Å²) in [4.78, 5) is 19.1. The maximum atomic E-state index is 12.6. The lowest BCUT2D eigenvalue weighted by Gasteiger charge is -2.30. The minimum absolute atomic E-state index is 0.0570. The van der Waals surface area contributed by atoms with Gasteiger partial charge in [0, 0.05) is 24.0 Å². The topological polar surface area (TPSA) is 33.2 Å². The van der Waals surface area contributed by atoms with Crippen LogP contribution in [0.3, 0.4) is 0 Å². The number of carbonyl (C=O) groups excluding carboxylic acids is 1. The Hall–Kier alpha value is -1.68. The van der Waals surface area contributed by atoms with Gasteiger partial charge in [-0.05, 0) is 19.8 Å². The highest BCUT2D eigenvalue weighted by atomic mass is 32.1. The minimum Gasteiger partial charge on any atom is -0.337 e. The van der Waals surface area contributed by atoms with E-state index in [1.165, 1.54) is 24.8 Å². The number of hydrogen-bond acceptors (Lipinski definition) is 3. The maximum absolute atomic E-state index is 12.6. The van der Waals surface area contributed by atoms with Gasteiger partial charge in [0.05, 0.1) is 0 Å². The Morgan fingerprint density at radius 3 is 2.55 bits per heavy atom. The molecule has 0 unspecified atom stereocenters. The van der Waals surface area contributed by atoms with Gasteiger partial charge >= 0.3 is 0 Å². The van der Waals surface area contributed by atoms with Crippen LogP contribution in [0.25, 0.3) is 10.6 Å². The van der Waals surface area contributed by atoms with Crippen molar-refractivity contribution in [1.29, 1.82) is 0 Å². The number of rotatable bonds is 3. The van der Waals surface area contributed by atoms with Crippen LogP contribution >= 0.6 is 11.3 Å². The van der Waals surface area contributed by atoms with Crippen LogP contribution in [-0.4, -0.2) is 28.9 Å². The van der Waals surface area contributed by atoms with Crippen LogP contribution in [0, 0.1) is 6.92 Å². The molecule has 1 amide bonds. The Balaban J connectivity index is 1.75. The highest BCUT2D eigenvalue weighted by Gasteiger charge is 2.24. The first kappa shape index (κ1) is 15.2. The fraction of sp³-hybridized carbons (Fsp3) is 0.444. The third kappa shape index (κ3) is 3.22. The first-order valence-corrected chi connectivity index (χ1v) is 8.83. The average molecular weight is 314 g/mol. The average Bonchev–Trinajstić information content (AvgIpc) is 3.05. The van der Waals surface area contributed by atoms with E-state index in [1.54, 1.807) is 11.3 Å². The molecule has 0 radical (unpaired) electrons. The number of carbonyl (C=O) groups is 1. The first-order valence-electron chi connectivity index (χ1n) is 7.95. The fourth-order valence-corrected chi connectivity index (χ4v) is 3.82. The van der Waals surface area contributed by atoms with Gasteiger partial charge in [-0.3, -0.25) is 4.79 Å². The molecule has 0 N–H and O–H groups in total. The Morgan fingerprint density at radius 1 is 1.18 bits per heavy atom. The van der Waals surface area contributed by atoms with Gasteiger partial charge in [-0.25, -0.2) is 4.98 Å². The van der Waals surface area contributed by atoms with Crippen molar-refractivity contribution < 1.29 is 4.79 Å². The summed E-state index contributed by atoms with van der Waals surface area (Å²) in [5, 5.41) is 2.80. The van der Waals surface area contributed by atoms with Gasteiger partial charge in [0.25, 0.3) is 5.91 Å². The van der Waals surface area contributed by atoms with Gasteiger partial charge in [0.2, 0.25) is 0 Å². The van der Waals surface area contributed by atoms with Crippen LogP contribution in [-0.2, 0) is 0 Å². The first-order chi connectivity index (χ1) is 10.6. The SMILES string of the molecule is Cc1ccc(-c2nc(C(=O)N(C)C3CCCCC3)cs2)cc1. The number of hydrogen-bond donors (Lipinski definition) is 0. The number of nitrogens with zero attached hydrogens (tertiary/aromatic N) is 2. The predicted molar refractivity (Wildman–Crippen MR) is 91.3 cm³/mol. The molecule has 2 aromatic rings. The lowest BCUT2D eigenvalue weighted by atomic mass is 9.94. The second-order valence-corrected chi connectivity index (χ2v) is 6.97. The molecule has 1 aromatic heterocycles. The Kier molecular flexibility index (Phi) is 4.57. The van der Waals surface area contributed by atoms with Gasteiger partial charge < -0.3 is 4.90 Å². The summed E-state index contributed by atoms with van der Waals surface area (Å²) >= 11 is 1.54. The van der Waals surface area contributed by atoms with Crippen LogP contribution in [0.2, 0.25) is 0 Å². The molecule has 1 fully saturated rings. The molecule has 116 valence electrons. The summed E-state index contributed by atoms with van der Waals surface area (Å²) in [6.07, 6.45) is 6.00. The van der Waals surface area contributed by atoms with Crippen molar-refractivity contribution in [1.82, 2.24) is 9.88 Å². The monoisotopic (exact) mass is 314 g/mol. The Labute approximate surface area is 136 Å². The summed E-state index contributed by atoms with van der Waals surface area (Å²) in [6, 6.07) is 8.66. The number of thiazole rings is 1. The van der Waals surface area contributed by atoms with E-state index in [-0.39, 0.29) is 5.91 Å². The van der Waals surface area contributed by atoms with E-state index < -0.39 is 0 Å². The molecular formula is C18H22N2OS. The van der Waals surface area contributed by atoms with Gasteiger partial charge in [0.15, 0.2) is 0 Å². The van der Waals surface area contributed by atoms with Crippen LogP contribution in [0.4, 0.5) is 0 Å². The zero-order chi connectivity index (χ0) is 15.5. The largest absolute Gasteiger partial charge is 0.337 e. The Bertz CT molecular complexity index is 641. The van der Waals surface area contributed by atoms with Gasteiger partial charge in [-0.1, -0.05) is 49.1 Å². The van der Waals surface area contributed by atoms with Gasteiger partial charge in [0.1, 0.15) is 10.7 Å². The molecule has 3 nitrogen and oxygen atoms in total. The molecule has 1 heterocycles. The van der Waals surface area contributed by atoms with Crippen LogP contribution in [0.5, 0.6) is 0 Å². The van der Waals surface area contributed by atoms with E-state index in [0.29, 0.717) is 11.7 Å². The van der Waals surface area contributed by atoms with E-state index in [0.717, 1.165) is 23.4 Å². The normalized spacial score (nSPS) is 15.7. The molecule has 0 aliphatic heterocycles. The summed E-state index contributed by atoms with van der Waals surface area (Å²) < 4.78 is 0. The van der Waals surface area contributed by atoms with Crippen molar-refractivity contribution in [2.75, 3.05) is 7.05 Å². The number of amides is 1. The third-order valence-corrected chi connectivity index (χ3v) is 5.36. The summed E-state index contributed by atoms with van der Waals surface area (Å²) in [5.74, 6) is 0.0570. The fourth-order valence-electron chi connectivity index (χ4n) is 3.02. The smallest absolute Gasteiger partial charge is 0.273 e. The molecule has 0 spiro atoms. The van der Waals surface area contributed by atoms with E-state index in [1.807, 2.05) is 17.3 Å². The van der Waals surface area contributed by atoms with Gasteiger partial charge in [-0.2, -0.15) is 0 Å². The van der Waals surface area contributed by atoms with Gasteiger partial charge in [-0.15, -0.1) is 11.3 Å². The molecule has 4 heteroatoms. The van der Waals surface area contributed by atoms with Crippen molar-refractivity contribution in [3.8, 4) is 10.6 Å². The van der Waals surface area contributed by atoms with Crippen molar-refractivity contribution in [2.24, 2.45) is 0 Å². The molecule has 1 saturated carbocycles. The lowest BCUT2D eigenvalue weighted by molar-refractivity contribution is 0.0691. The van der Waals surface area contributed by atoms with E-state index in [2.05, 4.69) is 36.2 Å². The number of aryl methyl sites for hydroxylation is 1. The van der Waals surface area contributed by atoms with Crippen molar-refractivity contribution >= 4 is 17.2 Å². The van der Waals surface area contributed by atoms with Crippen molar-refractivity contribution in [3.05, 3.63) is 40.9 Å². The second kappa shape index (κ2) is 6.61. The quantitative estimate of drug-likeness (QED) is 0.834. The third-order valence-electron chi connectivity index (χ3n) is 4.46. The van der Waals surface area contributed by atoms with Crippen LogP contribution in [0.15, 0.2) is 29.6 Å². The van der Waals surface area contributed by atoms with E-state index >= 15 is 0 Å². The summed E-state index contributed by atoms with van der Waals surface area (Å²) in [7, 11) is 1.92. The highest BCUT2D eigenvalue weighted by Crippen LogP contribution is 2.26. The summed E-state index contributed by atoms with van der Waals surface area (Å²) in [6.45, 7) is 2.07. The molecule has 3 rings (SSSR count). The number of benzene rings is 1. The van der Waals surface area contributed by atoms with Crippen LogP contribution in [0.1, 0.15) is 48.2 Å². The molecule has 22 heavy (non-hydrogen) atoms. The number of aromatic nitrogens is 1. The molecular weight excluding hydrogens is 292 g/mol. The molecule has 0 saturated heterocycles. The van der Waals surface area contributed by atoms with Crippen molar-refractivity contribution in [3.63, 3.8) is 0 Å². The highest BCUT2D eigenvalue weighted by molar-refractivity contribution is 7.13. The van der Waals surface area contributed by atoms with E-state index in [9.17, 15) is 4.79 Å². The second-order valence-electron chi connectivity index (χ2n) is 6.11. The lowest BCUT2D eigenvalue weighted by Crippen LogP contribution is -2.38. The molecule has 1 aliphatic carbocycles. The molecule has 1 aliphatic rings. The molecule has 0 atom stereocenters. The van der Waals surface area contributed by atoms with E-state index in [4.69, 9.17) is 0 Å². The van der Waals surface area contributed by atoms with Crippen LogP contribution < -0.4 is 0 Å². The Morgan fingerprint density at radius 2 is 1.86 bits per heavy atom. The van der Waals surface area contributed by atoms with Crippen molar-refractivity contribution in [2.45, 2.75) is 45.1 Å². The molecule has 1 aromatic carbocycles. The zero-order valence-electron chi connectivity index (χ0n) is 13.2. The predicted octanol–water partition coefficient (Wildman–Crippen LogP) is 4.52. The zero-order valence-corrected chi connectivity index (χ0v) is 14.0. The maximum Gasteiger partial charge on any atom is 0.273 e. The summed E-state index contributed by atoms with van der Waals surface area (Å²) in [5.41, 5.74) is 2.89. The molecule has 0 bridgehead atoms.